The van der Waals surface area contributed by atoms with Crippen molar-refractivity contribution < 1.29 is 4.39 Å². The average molecular weight is 300 g/mol. The van der Waals surface area contributed by atoms with Crippen LogP contribution in [0.25, 0.3) is 10.2 Å². The zero-order valence-corrected chi connectivity index (χ0v) is 12.7. The number of fused-ring (bicyclic) bond motifs is 1. The lowest BCUT2D eigenvalue weighted by molar-refractivity contribution is 0.514. The number of nitrogens with one attached hydrogen (secondary N) is 1. The minimum absolute atomic E-state index is 0.146. The highest BCUT2D eigenvalue weighted by molar-refractivity contribution is 7.18. The Labute approximate surface area is 127 Å². The van der Waals surface area contributed by atoms with E-state index in [0.717, 1.165) is 22.5 Å². The number of hydrogen-bond donors (Lipinski definition) is 1. The van der Waals surface area contributed by atoms with Crippen molar-refractivity contribution in [3.8, 4) is 0 Å². The molecule has 0 aliphatic rings. The van der Waals surface area contributed by atoms with Gasteiger partial charge in [0.25, 0.3) is 0 Å². The number of nitrogens with zero attached hydrogens (tertiary/aromatic N) is 1. The molecule has 0 saturated heterocycles. The van der Waals surface area contributed by atoms with Crippen molar-refractivity contribution in [1.29, 1.82) is 0 Å². The largest absolute Gasteiger partial charge is 0.304 e. The molecule has 3 rings (SSSR count). The second-order valence-corrected chi connectivity index (χ2v) is 6.09. The van der Waals surface area contributed by atoms with Crippen molar-refractivity contribution in [2.75, 3.05) is 0 Å². The molecule has 1 aromatic heterocycles. The van der Waals surface area contributed by atoms with Crippen LogP contribution in [0.5, 0.6) is 0 Å². The number of halogens is 1. The van der Waals surface area contributed by atoms with Crippen molar-refractivity contribution in [1.82, 2.24) is 10.3 Å². The fourth-order valence-corrected chi connectivity index (χ4v) is 3.35. The van der Waals surface area contributed by atoms with Gasteiger partial charge in [-0.1, -0.05) is 31.2 Å². The number of aromatic nitrogens is 1. The highest BCUT2D eigenvalue weighted by Gasteiger charge is 2.11. The van der Waals surface area contributed by atoms with Crippen molar-refractivity contribution in [2.45, 2.75) is 25.9 Å². The van der Waals surface area contributed by atoms with E-state index in [-0.39, 0.29) is 11.9 Å². The Morgan fingerprint density at radius 3 is 2.81 bits per heavy atom. The normalized spacial score (nSPS) is 12.7. The third-order valence-corrected chi connectivity index (χ3v) is 4.53. The van der Waals surface area contributed by atoms with Crippen molar-refractivity contribution in [3.63, 3.8) is 0 Å². The quantitative estimate of drug-likeness (QED) is 0.740. The Bertz CT molecular complexity index is 705. The first-order valence-corrected chi connectivity index (χ1v) is 7.91. The van der Waals surface area contributed by atoms with Gasteiger partial charge in [0.05, 0.1) is 10.2 Å². The maximum atomic E-state index is 13.3. The molecular weight excluding hydrogens is 283 g/mol. The van der Waals surface area contributed by atoms with Crippen LogP contribution in [0.4, 0.5) is 4.39 Å². The molecule has 1 unspecified atom stereocenters. The molecule has 0 aliphatic heterocycles. The summed E-state index contributed by atoms with van der Waals surface area (Å²) in [5.41, 5.74) is 2.02. The van der Waals surface area contributed by atoms with E-state index in [1.807, 2.05) is 24.3 Å². The number of hydrogen-bond acceptors (Lipinski definition) is 3. The minimum Gasteiger partial charge on any atom is -0.304 e. The summed E-state index contributed by atoms with van der Waals surface area (Å²) in [7, 11) is 0. The summed E-state index contributed by atoms with van der Waals surface area (Å²) < 4.78 is 14.5. The van der Waals surface area contributed by atoms with E-state index in [0.29, 0.717) is 6.54 Å². The molecule has 0 aliphatic carbocycles. The van der Waals surface area contributed by atoms with E-state index in [1.54, 1.807) is 23.5 Å². The smallest absolute Gasteiger partial charge is 0.123 e. The summed E-state index contributed by atoms with van der Waals surface area (Å²) in [5, 5.41) is 4.53. The van der Waals surface area contributed by atoms with Gasteiger partial charge in [-0.15, -0.1) is 11.3 Å². The number of para-hydroxylation sites is 1. The van der Waals surface area contributed by atoms with Crippen molar-refractivity contribution in [3.05, 3.63) is 64.9 Å². The first-order valence-electron chi connectivity index (χ1n) is 7.09. The van der Waals surface area contributed by atoms with Crippen molar-refractivity contribution >= 4 is 21.6 Å². The summed E-state index contributed by atoms with van der Waals surface area (Å²) in [6.07, 6.45) is 0.911. The molecule has 3 aromatic rings. The molecule has 0 fully saturated rings. The summed E-state index contributed by atoms with van der Waals surface area (Å²) in [4.78, 5) is 4.61. The Kier molecular flexibility index (Phi) is 4.27. The lowest BCUT2D eigenvalue weighted by Crippen LogP contribution is -2.20. The maximum absolute atomic E-state index is 13.3. The SMILES string of the molecule is CCC(NCc1nc2ccccc2s1)c1cccc(F)c1. The van der Waals surface area contributed by atoms with Crippen LogP contribution in [-0.2, 0) is 6.54 Å². The van der Waals surface area contributed by atoms with Crippen LogP contribution in [0.2, 0.25) is 0 Å². The van der Waals surface area contributed by atoms with Gasteiger partial charge in [-0.3, -0.25) is 0 Å². The van der Waals surface area contributed by atoms with E-state index in [4.69, 9.17) is 0 Å². The van der Waals surface area contributed by atoms with E-state index in [2.05, 4.69) is 23.3 Å². The molecule has 108 valence electrons. The van der Waals surface area contributed by atoms with Gasteiger partial charge in [-0.05, 0) is 36.2 Å². The van der Waals surface area contributed by atoms with Crippen LogP contribution in [-0.4, -0.2) is 4.98 Å². The summed E-state index contributed by atoms with van der Waals surface area (Å²) in [6, 6.07) is 15.1. The van der Waals surface area contributed by atoms with Crippen LogP contribution in [0.15, 0.2) is 48.5 Å². The fraction of sp³-hybridized carbons (Fsp3) is 0.235. The van der Waals surface area contributed by atoms with Gasteiger partial charge in [0, 0.05) is 12.6 Å². The van der Waals surface area contributed by atoms with Gasteiger partial charge in [0.2, 0.25) is 0 Å². The highest BCUT2D eigenvalue weighted by atomic mass is 32.1. The Hall–Kier alpha value is -1.78. The monoisotopic (exact) mass is 300 g/mol. The molecule has 0 amide bonds. The van der Waals surface area contributed by atoms with Gasteiger partial charge in [0.15, 0.2) is 0 Å². The molecule has 1 atom stereocenters. The van der Waals surface area contributed by atoms with Crippen LogP contribution in [0, 0.1) is 5.82 Å². The second kappa shape index (κ2) is 6.33. The van der Waals surface area contributed by atoms with Gasteiger partial charge in [-0.25, -0.2) is 9.37 Å². The lowest BCUT2D eigenvalue weighted by Gasteiger charge is -2.16. The van der Waals surface area contributed by atoms with Gasteiger partial charge in [-0.2, -0.15) is 0 Å². The van der Waals surface area contributed by atoms with E-state index in [9.17, 15) is 4.39 Å². The Morgan fingerprint density at radius 1 is 1.19 bits per heavy atom. The number of thiazole rings is 1. The highest BCUT2D eigenvalue weighted by Crippen LogP contribution is 2.23. The maximum Gasteiger partial charge on any atom is 0.123 e. The summed E-state index contributed by atoms with van der Waals surface area (Å²) in [6.45, 7) is 2.80. The molecule has 2 aromatic carbocycles. The van der Waals surface area contributed by atoms with Crippen LogP contribution in [0.1, 0.15) is 30.0 Å². The second-order valence-electron chi connectivity index (χ2n) is 4.97. The fourth-order valence-electron chi connectivity index (χ4n) is 2.43. The third kappa shape index (κ3) is 3.28. The predicted molar refractivity (Wildman–Crippen MR) is 85.9 cm³/mol. The standard InChI is InChI=1S/C17H17FN2S/c1-2-14(12-6-5-7-13(18)10-12)19-11-17-20-15-8-3-4-9-16(15)21-17/h3-10,14,19H,2,11H2,1H3. The first kappa shape index (κ1) is 14.2. The topological polar surface area (TPSA) is 24.9 Å². The Morgan fingerprint density at radius 2 is 2.05 bits per heavy atom. The van der Waals surface area contributed by atoms with E-state index in [1.165, 1.54) is 10.8 Å². The predicted octanol–water partition coefficient (Wildman–Crippen LogP) is 4.68. The van der Waals surface area contributed by atoms with E-state index >= 15 is 0 Å². The third-order valence-electron chi connectivity index (χ3n) is 3.50. The molecule has 1 heterocycles. The summed E-state index contributed by atoms with van der Waals surface area (Å²) >= 11 is 1.70. The zero-order chi connectivity index (χ0) is 14.7. The molecule has 21 heavy (non-hydrogen) atoms. The van der Waals surface area contributed by atoms with Crippen LogP contribution in [0.3, 0.4) is 0 Å². The number of rotatable bonds is 5. The van der Waals surface area contributed by atoms with Crippen molar-refractivity contribution in [2.24, 2.45) is 0 Å². The molecule has 2 nitrogen and oxygen atoms in total. The number of benzene rings is 2. The molecule has 1 N–H and O–H groups in total. The molecule has 0 spiro atoms. The van der Waals surface area contributed by atoms with Gasteiger partial charge in [0.1, 0.15) is 10.8 Å². The Balaban J connectivity index is 1.73. The average Bonchev–Trinajstić information content (AvgIpc) is 2.91. The molecular formula is C17H17FN2S. The van der Waals surface area contributed by atoms with Gasteiger partial charge < -0.3 is 5.32 Å². The molecule has 0 radical (unpaired) electrons. The molecule has 0 saturated carbocycles. The van der Waals surface area contributed by atoms with Gasteiger partial charge >= 0.3 is 0 Å². The minimum atomic E-state index is -0.187. The lowest BCUT2D eigenvalue weighted by atomic mass is 10.0. The summed E-state index contributed by atoms with van der Waals surface area (Å²) in [5.74, 6) is -0.187. The van der Waals surface area contributed by atoms with E-state index < -0.39 is 0 Å². The molecule has 0 bridgehead atoms. The first-order chi connectivity index (χ1) is 10.3. The van der Waals surface area contributed by atoms with Crippen LogP contribution >= 0.6 is 11.3 Å². The van der Waals surface area contributed by atoms with Crippen LogP contribution < -0.4 is 5.32 Å². The molecule has 4 heteroatoms. The zero-order valence-electron chi connectivity index (χ0n) is 11.8.